The number of halogens is 2. The highest BCUT2D eigenvalue weighted by molar-refractivity contribution is 9.10. The van der Waals surface area contributed by atoms with Crippen LogP contribution in [-0.2, 0) is 0 Å². The minimum absolute atomic E-state index is 0.357. The maximum absolute atomic E-state index is 11.1. The summed E-state index contributed by atoms with van der Waals surface area (Å²) >= 11 is 9.44. The second kappa shape index (κ2) is 5.88. The fourth-order valence-electron chi connectivity index (χ4n) is 2.11. The van der Waals surface area contributed by atoms with E-state index in [2.05, 4.69) is 15.9 Å². The third-order valence-electron chi connectivity index (χ3n) is 3.13. The number of ether oxygens (including phenoxy) is 1. The number of hydrogen-bond acceptors (Lipinski definition) is 2. The van der Waals surface area contributed by atoms with E-state index in [-0.39, 0.29) is 0 Å². The lowest BCUT2D eigenvalue weighted by atomic mass is 10.1. The van der Waals surface area contributed by atoms with Crippen LogP contribution in [0, 0.1) is 0 Å². The molecule has 0 aliphatic rings. The highest BCUT2D eigenvalue weighted by atomic mass is 79.9. The zero-order chi connectivity index (χ0) is 14.8. The molecule has 4 heteroatoms. The molecule has 0 aliphatic heterocycles. The lowest BCUT2D eigenvalue weighted by Gasteiger charge is -2.10. The highest BCUT2D eigenvalue weighted by Crippen LogP contribution is 2.31. The topological polar surface area (TPSA) is 26.3 Å². The van der Waals surface area contributed by atoms with Crippen LogP contribution >= 0.6 is 27.5 Å². The van der Waals surface area contributed by atoms with Crippen molar-refractivity contribution in [1.29, 1.82) is 0 Å². The molecule has 2 nitrogen and oxygen atoms in total. The Hall–Kier alpha value is -1.84. The average Bonchev–Trinajstić information content (AvgIpc) is 2.48. The van der Waals surface area contributed by atoms with Gasteiger partial charge >= 0.3 is 0 Å². The average molecular weight is 362 g/mol. The number of hydrogen-bond donors (Lipinski definition) is 0. The van der Waals surface area contributed by atoms with Gasteiger partial charge in [0.25, 0.3) is 0 Å². The molecule has 0 aromatic heterocycles. The standard InChI is InChI=1S/C17H10BrClO2/c18-13-6-4-12-9-14(7-5-11(12)8-13)21-17-3-1-2-16(19)15(17)10-20/h1-10H. The van der Waals surface area contributed by atoms with Gasteiger partial charge in [0.05, 0.1) is 10.6 Å². The van der Waals surface area contributed by atoms with E-state index in [4.69, 9.17) is 16.3 Å². The number of carbonyl (C=O) groups excluding carboxylic acids is 1. The van der Waals surface area contributed by atoms with Crippen molar-refractivity contribution in [3.8, 4) is 11.5 Å². The molecule has 3 aromatic carbocycles. The SMILES string of the molecule is O=Cc1c(Cl)cccc1Oc1ccc2cc(Br)ccc2c1. The smallest absolute Gasteiger partial charge is 0.155 e. The molecule has 104 valence electrons. The maximum atomic E-state index is 11.1. The van der Waals surface area contributed by atoms with Crippen molar-refractivity contribution in [2.45, 2.75) is 0 Å². The molecule has 0 aliphatic carbocycles. The van der Waals surface area contributed by atoms with E-state index in [1.807, 2.05) is 36.4 Å². The van der Waals surface area contributed by atoms with Crippen LogP contribution in [0.2, 0.25) is 5.02 Å². The van der Waals surface area contributed by atoms with Crippen molar-refractivity contribution < 1.29 is 9.53 Å². The molecule has 21 heavy (non-hydrogen) atoms. The van der Waals surface area contributed by atoms with Crippen LogP contribution in [0.15, 0.2) is 59.1 Å². The molecule has 0 unspecified atom stereocenters. The van der Waals surface area contributed by atoms with E-state index in [1.165, 1.54) is 0 Å². The normalized spacial score (nSPS) is 10.6. The van der Waals surface area contributed by atoms with Crippen molar-refractivity contribution in [2.24, 2.45) is 0 Å². The summed E-state index contributed by atoms with van der Waals surface area (Å²) in [4.78, 5) is 11.1. The monoisotopic (exact) mass is 360 g/mol. The van der Waals surface area contributed by atoms with Crippen LogP contribution in [0.4, 0.5) is 0 Å². The van der Waals surface area contributed by atoms with Gasteiger partial charge in [0.2, 0.25) is 0 Å². The fourth-order valence-corrected chi connectivity index (χ4v) is 2.69. The highest BCUT2D eigenvalue weighted by Gasteiger charge is 2.08. The lowest BCUT2D eigenvalue weighted by molar-refractivity contribution is 0.112. The molecule has 0 bridgehead atoms. The molecule has 0 saturated heterocycles. The van der Waals surface area contributed by atoms with Crippen LogP contribution in [-0.4, -0.2) is 6.29 Å². The van der Waals surface area contributed by atoms with Crippen LogP contribution in [0.5, 0.6) is 11.5 Å². The molecule has 0 atom stereocenters. The Kier molecular flexibility index (Phi) is 3.95. The van der Waals surface area contributed by atoms with Gasteiger partial charge in [-0.05, 0) is 47.2 Å². The molecule has 3 aromatic rings. The van der Waals surface area contributed by atoms with Gasteiger partial charge < -0.3 is 4.74 Å². The first-order chi connectivity index (χ1) is 10.2. The summed E-state index contributed by atoms with van der Waals surface area (Å²) < 4.78 is 6.82. The first-order valence-corrected chi connectivity index (χ1v) is 7.45. The summed E-state index contributed by atoms with van der Waals surface area (Å²) in [5.74, 6) is 1.11. The van der Waals surface area contributed by atoms with E-state index >= 15 is 0 Å². The zero-order valence-electron chi connectivity index (χ0n) is 10.8. The Morgan fingerprint density at radius 3 is 2.57 bits per heavy atom. The summed E-state index contributed by atoms with van der Waals surface area (Å²) in [5.41, 5.74) is 0.357. The Bertz CT molecular complexity index is 830. The van der Waals surface area contributed by atoms with Crippen molar-refractivity contribution in [2.75, 3.05) is 0 Å². The molecular weight excluding hydrogens is 352 g/mol. The Morgan fingerprint density at radius 2 is 1.76 bits per heavy atom. The molecule has 0 fully saturated rings. The molecule has 0 radical (unpaired) electrons. The van der Waals surface area contributed by atoms with Gasteiger partial charge in [-0.3, -0.25) is 4.79 Å². The van der Waals surface area contributed by atoms with Crippen molar-refractivity contribution >= 4 is 44.6 Å². The predicted octanol–water partition coefficient (Wildman–Crippen LogP) is 5.86. The van der Waals surface area contributed by atoms with Gasteiger partial charge in [0.1, 0.15) is 11.5 Å². The van der Waals surface area contributed by atoms with E-state index in [0.29, 0.717) is 28.4 Å². The summed E-state index contributed by atoms with van der Waals surface area (Å²) in [6.07, 6.45) is 0.704. The first-order valence-electron chi connectivity index (χ1n) is 6.28. The van der Waals surface area contributed by atoms with Gasteiger partial charge in [-0.15, -0.1) is 0 Å². The van der Waals surface area contributed by atoms with Crippen molar-refractivity contribution in [3.63, 3.8) is 0 Å². The third-order valence-corrected chi connectivity index (χ3v) is 3.96. The Morgan fingerprint density at radius 1 is 1.00 bits per heavy atom. The van der Waals surface area contributed by atoms with Crippen LogP contribution in [0.1, 0.15) is 10.4 Å². The van der Waals surface area contributed by atoms with E-state index in [0.717, 1.165) is 15.2 Å². The molecule has 0 N–H and O–H groups in total. The van der Waals surface area contributed by atoms with Gasteiger partial charge in [0.15, 0.2) is 6.29 Å². The van der Waals surface area contributed by atoms with Gasteiger partial charge in [-0.25, -0.2) is 0 Å². The molecule has 0 amide bonds. The Labute approximate surface area is 135 Å². The second-order valence-corrected chi connectivity index (χ2v) is 5.85. The van der Waals surface area contributed by atoms with E-state index in [9.17, 15) is 4.79 Å². The number of rotatable bonds is 3. The quantitative estimate of drug-likeness (QED) is 0.546. The minimum atomic E-state index is 0.357. The van der Waals surface area contributed by atoms with Crippen molar-refractivity contribution in [3.05, 3.63) is 69.7 Å². The van der Waals surface area contributed by atoms with Crippen molar-refractivity contribution in [1.82, 2.24) is 0 Å². The van der Waals surface area contributed by atoms with Crippen LogP contribution in [0.3, 0.4) is 0 Å². The third kappa shape index (κ3) is 2.94. The minimum Gasteiger partial charge on any atom is -0.457 e. The van der Waals surface area contributed by atoms with Crippen LogP contribution < -0.4 is 4.74 Å². The Balaban J connectivity index is 2.00. The molecule has 0 spiro atoms. The second-order valence-electron chi connectivity index (χ2n) is 4.52. The summed E-state index contributed by atoms with van der Waals surface area (Å²) in [6, 6.07) is 16.9. The fraction of sp³-hybridized carbons (Fsp3) is 0. The number of carbonyl (C=O) groups is 1. The summed E-state index contributed by atoms with van der Waals surface area (Å²) in [7, 11) is 0. The predicted molar refractivity (Wildman–Crippen MR) is 88.6 cm³/mol. The molecular formula is C17H10BrClO2. The van der Waals surface area contributed by atoms with Gasteiger partial charge in [-0.2, -0.15) is 0 Å². The number of benzene rings is 3. The lowest BCUT2D eigenvalue weighted by Crippen LogP contribution is -1.91. The summed E-state index contributed by atoms with van der Waals surface area (Å²) in [5, 5.41) is 2.55. The summed E-state index contributed by atoms with van der Waals surface area (Å²) in [6.45, 7) is 0. The molecule has 3 rings (SSSR count). The van der Waals surface area contributed by atoms with Gasteiger partial charge in [-0.1, -0.05) is 45.7 Å². The molecule has 0 saturated carbocycles. The van der Waals surface area contributed by atoms with Crippen LogP contribution in [0.25, 0.3) is 10.8 Å². The van der Waals surface area contributed by atoms with Gasteiger partial charge in [0, 0.05) is 4.47 Å². The first kappa shape index (κ1) is 14.1. The molecule has 0 heterocycles. The zero-order valence-corrected chi connectivity index (χ0v) is 13.2. The number of aldehydes is 1. The van der Waals surface area contributed by atoms with E-state index < -0.39 is 0 Å². The largest absolute Gasteiger partial charge is 0.457 e. The maximum Gasteiger partial charge on any atom is 0.155 e. The van der Waals surface area contributed by atoms with E-state index in [1.54, 1.807) is 18.2 Å². The number of fused-ring (bicyclic) bond motifs is 1.